The standard InChI is InChI=1S/C6H14N4O2.C6H18O24P6.CH2O3/c7-4(5(11)12)2-1-3-10-6(8)9;7-31(8,9)25-1-2(26-32(10,11)12)4(28-34(16,17)18)6(30-36(22,23)24)5(29-35(19,20)21)3(1)27-33(13,14)15;2-1(3)4/h4H,1-3,7H2,(H,11,12)(H4,8,9,10);1-6H,(H2,7,8,9)(H2,10,11,12)(H2,13,14,15)(H2,16,17,18)(H2,19,20,21)(H2,22,23,24);(H2,2,3,4)/t4-;;/m0../s1. The van der Waals surface area contributed by atoms with Gasteiger partial charge in [-0.25, -0.2) is 32.2 Å². The second-order valence-corrected chi connectivity index (χ2v) is 16.2. The van der Waals surface area contributed by atoms with Crippen molar-refractivity contribution < 1.29 is 138 Å². The molecule has 310 valence electrons. The van der Waals surface area contributed by atoms with Gasteiger partial charge in [0, 0.05) is 6.54 Å². The number of nitrogens with two attached hydrogens (primary N) is 3. The van der Waals surface area contributed by atoms with Crippen molar-refractivity contribution in [2.75, 3.05) is 6.54 Å². The third-order valence-corrected chi connectivity index (χ3v) is 7.89. The fourth-order valence-corrected chi connectivity index (χ4v) is 6.78. The van der Waals surface area contributed by atoms with Crippen molar-refractivity contribution in [3.63, 3.8) is 0 Å². The summed E-state index contributed by atoms with van der Waals surface area (Å²) in [6.45, 7) is 0.420. The summed E-state index contributed by atoms with van der Waals surface area (Å²) in [6, 6.07) is -0.820. The van der Waals surface area contributed by atoms with Crippen LogP contribution in [0.3, 0.4) is 0 Å². The van der Waals surface area contributed by atoms with Crippen molar-refractivity contribution in [2.24, 2.45) is 22.2 Å². The molecule has 1 atom stereocenters. The number of hydrogen-bond donors (Lipinski definition) is 18. The van der Waals surface area contributed by atoms with E-state index in [9.17, 15) is 32.2 Å². The highest BCUT2D eigenvalue weighted by Gasteiger charge is 2.62. The summed E-state index contributed by atoms with van der Waals surface area (Å²) >= 11 is 0. The predicted molar refractivity (Wildman–Crippen MR) is 158 cm³/mol. The summed E-state index contributed by atoms with van der Waals surface area (Å²) in [5.74, 6) is -0.987. The van der Waals surface area contributed by atoms with Gasteiger partial charge in [-0.2, -0.15) is 0 Å². The Bertz CT molecular complexity index is 1250. The first-order chi connectivity index (χ1) is 22.8. The van der Waals surface area contributed by atoms with Gasteiger partial charge >= 0.3 is 59.1 Å². The largest absolute Gasteiger partial charge is 0.503 e. The van der Waals surface area contributed by atoms with Crippen LogP contribution in [0.4, 0.5) is 4.79 Å². The predicted octanol–water partition coefficient (Wildman–Crippen LogP) is -4.46. The number of rotatable bonds is 17. The topological polar surface area (TPSA) is 586 Å². The van der Waals surface area contributed by atoms with Crippen molar-refractivity contribution in [1.29, 1.82) is 0 Å². The second kappa shape index (κ2) is 21.1. The molecule has 1 rings (SSSR count). The molecular formula is C13H34N4O29P6. The molecule has 1 fully saturated rings. The summed E-state index contributed by atoms with van der Waals surface area (Å²) in [4.78, 5) is 132. The monoisotopic (exact) mass is 896 g/mol. The van der Waals surface area contributed by atoms with Crippen LogP contribution in [0, 0.1) is 0 Å². The first-order valence-corrected chi connectivity index (χ1v) is 21.4. The molecule has 1 saturated carbocycles. The van der Waals surface area contributed by atoms with E-state index < -0.39 is 102 Å². The molecule has 1 aliphatic rings. The van der Waals surface area contributed by atoms with Crippen LogP contribution in [-0.4, -0.2) is 141 Å². The number of aliphatic carboxylic acids is 1. The first kappa shape index (κ1) is 52.7. The second-order valence-electron chi connectivity index (χ2n) is 9.04. The lowest BCUT2D eigenvalue weighted by Crippen LogP contribution is -2.66. The van der Waals surface area contributed by atoms with Gasteiger partial charge in [0.25, 0.3) is 0 Å². The first-order valence-electron chi connectivity index (χ1n) is 12.2. The third-order valence-electron chi connectivity index (χ3n) is 4.78. The molecule has 0 radical (unpaired) electrons. The van der Waals surface area contributed by atoms with E-state index >= 15 is 0 Å². The van der Waals surface area contributed by atoms with Gasteiger partial charge in [-0.15, -0.1) is 0 Å². The number of guanidine groups is 1. The van der Waals surface area contributed by atoms with Gasteiger partial charge in [0.15, 0.2) is 5.96 Å². The van der Waals surface area contributed by atoms with E-state index in [4.69, 9.17) is 96.0 Å². The number of aliphatic imine (C=N–C) groups is 1. The van der Waals surface area contributed by atoms with Gasteiger partial charge in [0.2, 0.25) is 0 Å². The Morgan fingerprint density at radius 2 is 0.712 bits per heavy atom. The fraction of sp³-hybridized carbons (Fsp3) is 0.769. The summed E-state index contributed by atoms with van der Waals surface area (Å²) in [7, 11) is -36.1. The SMILES string of the molecule is NC(N)=NCCC[C@H](N)C(=O)O.O=C(O)O.O=P(O)(O)OC1C(OP(=O)(O)O)C(OP(=O)(O)O)C(OP(=O)(O)O)C(OP(=O)(O)O)C1OP(=O)(O)O. The lowest BCUT2D eigenvalue weighted by Gasteiger charge is -2.48. The zero-order chi connectivity index (χ0) is 41.8. The molecule has 0 spiro atoms. The van der Waals surface area contributed by atoms with E-state index in [1.165, 1.54) is 0 Å². The van der Waals surface area contributed by atoms with Crippen LogP contribution in [0.2, 0.25) is 0 Å². The molecule has 0 unspecified atom stereocenters. The van der Waals surface area contributed by atoms with Crippen molar-refractivity contribution >= 4 is 65.0 Å². The number of carbonyl (C=O) groups is 2. The highest BCUT2D eigenvalue weighted by atomic mass is 31.2. The molecule has 0 heterocycles. The molecule has 0 aliphatic heterocycles. The number of phosphoric ester groups is 6. The van der Waals surface area contributed by atoms with Crippen molar-refractivity contribution in [3.05, 3.63) is 0 Å². The smallest absolute Gasteiger partial charge is 0.480 e. The maximum absolute atomic E-state index is 11.4. The summed E-state index contributed by atoms with van der Waals surface area (Å²) in [5.41, 5.74) is 15.3. The van der Waals surface area contributed by atoms with E-state index in [-0.39, 0.29) is 5.96 Å². The number of nitrogens with zero attached hydrogens (tertiary/aromatic N) is 1. The Balaban J connectivity index is 0. The summed E-state index contributed by atoms with van der Waals surface area (Å²) in [6.07, 6.45) is -19.7. The minimum atomic E-state index is -6.02. The van der Waals surface area contributed by atoms with E-state index in [2.05, 4.69) is 32.1 Å². The van der Waals surface area contributed by atoms with Gasteiger partial charge in [-0.1, -0.05) is 0 Å². The number of carboxylic acids is 1. The van der Waals surface area contributed by atoms with Crippen LogP contribution < -0.4 is 17.2 Å². The molecule has 39 heteroatoms. The third kappa shape index (κ3) is 27.2. The van der Waals surface area contributed by atoms with E-state index in [0.717, 1.165) is 0 Å². The van der Waals surface area contributed by atoms with Crippen LogP contribution in [0.15, 0.2) is 4.99 Å². The van der Waals surface area contributed by atoms with E-state index in [1.807, 2.05) is 0 Å². The van der Waals surface area contributed by atoms with Gasteiger partial charge in [-0.3, -0.25) is 36.9 Å². The van der Waals surface area contributed by atoms with Crippen LogP contribution in [0.1, 0.15) is 12.8 Å². The van der Waals surface area contributed by atoms with Gasteiger partial charge in [0.05, 0.1) is 0 Å². The highest BCUT2D eigenvalue weighted by molar-refractivity contribution is 7.47. The Labute approximate surface area is 287 Å². The van der Waals surface area contributed by atoms with Crippen LogP contribution >= 0.6 is 46.9 Å². The molecule has 0 aromatic carbocycles. The summed E-state index contributed by atoms with van der Waals surface area (Å²) in [5, 5.41) is 22.3. The van der Waals surface area contributed by atoms with E-state index in [1.54, 1.807) is 0 Å². The summed E-state index contributed by atoms with van der Waals surface area (Å²) < 4.78 is 93.1. The number of hydrogen-bond acceptors (Lipinski definition) is 16. The molecule has 0 bridgehead atoms. The Kier molecular flexibility index (Phi) is 21.4. The minimum Gasteiger partial charge on any atom is -0.480 e. The van der Waals surface area contributed by atoms with Gasteiger partial charge in [0.1, 0.15) is 42.7 Å². The minimum absolute atomic E-state index is 0.0129. The number of carboxylic acid groups (broad SMARTS) is 3. The molecule has 0 aromatic heterocycles. The normalized spacial score (nSPS) is 23.6. The quantitative estimate of drug-likeness (QED) is 0.0283. The zero-order valence-electron chi connectivity index (χ0n) is 24.9. The van der Waals surface area contributed by atoms with Crippen molar-refractivity contribution in [3.8, 4) is 0 Å². The van der Waals surface area contributed by atoms with Crippen LogP contribution in [0.5, 0.6) is 0 Å². The molecule has 0 aromatic rings. The Morgan fingerprint density at radius 1 is 0.519 bits per heavy atom. The molecule has 0 amide bonds. The van der Waals surface area contributed by atoms with Gasteiger partial charge in [-0.05, 0) is 12.8 Å². The average Bonchev–Trinajstić information content (AvgIpc) is 2.84. The van der Waals surface area contributed by atoms with Crippen molar-refractivity contribution in [1.82, 2.24) is 0 Å². The average molecular weight is 896 g/mol. The van der Waals surface area contributed by atoms with E-state index in [0.29, 0.717) is 19.4 Å². The Morgan fingerprint density at radius 3 is 0.846 bits per heavy atom. The number of phosphoric acid groups is 6. The van der Waals surface area contributed by atoms with Crippen LogP contribution in [-0.2, 0) is 59.3 Å². The van der Waals surface area contributed by atoms with Gasteiger partial charge < -0.3 is 91.2 Å². The maximum atomic E-state index is 11.4. The molecular weight excluding hydrogens is 862 g/mol. The molecule has 1 aliphatic carbocycles. The van der Waals surface area contributed by atoms with Crippen LogP contribution in [0.25, 0.3) is 0 Å². The highest BCUT2D eigenvalue weighted by Crippen LogP contribution is 2.57. The molecule has 52 heavy (non-hydrogen) atoms. The molecule has 0 saturated heterocycles. The molecule has 21 N–H and O–H groups in total. The lowest BCUT2D eigenvalue weighted by atomic mass is 9.85. The maximum Gasteiger partial charge on any atom is 0.503 e. The zero-order valence-corrected chi connectivity index (χ0v) is 30.3. The molecule has 33 nitrogen and oxygen atoms in total. The van der Waals surface area contributed by atoms with Crippen molar-refractivity contribution in [2.45, 2.75) is 55.5 Å². The fourth-order valence-electron chi connectivity index (χ4n) is 3.44. The Hall–Kier alpha value is -1.37. The lowest BCUT2D eigenvalue weighted by molar-refractivity contribution is -0.202.